The number of carbonyl (C=O) groups is 1. The van der Waals surface area contributed by atoms with Gasteiger partial charge in [0.05, 0.1) is 12.7 Å². The highest BCUT2D eigenvalue weighted by Crippen LogP contribution is 1.91. The Hall–Kier alpha value is -1.85. The molecule has 2 N–H and O–H groups in total. The van der Waals surface area contributed by atoms with E-state index in [1.54, 1.807) is 12.3 Å². The lowest BCUT2D eigenvalue weighted by Crippen LogP contribution is -2.25. The molecule has 1 aromatic heterocycles. The van der Waals surface area contributed by atoms with Crippen molar-refractivity contribution in [3.63, 3.8) is 0 Å². The van der Waals surface area contributed by atoms with E-state index in [9.17, 15) is 4.79 Å². The van der Waals surface area contributed by atoms with Crippen LogP contribution in [-0.4, -0.2) is 32.7 Å². The minimum atomic E-state index is -1.05. The summed E-state index contributed by atoms with van der Waals surface area (Å²) in [7, 11) is 0. The second-order valence-electron chi connectivity index (χ2n) is 2.30. The summed E-state index contributed by atoms with van der Waals surface area (Å²) in [4.78, 5) is 11.5. The fraction of sp³-hybridized carbons (Fsp3) is 0.286. The Labute approximate surface area is 74.9 Å². The molecule has 0 aromatic carbocycles. The van der Waals surface area contributed by atoms with Crippen LogP contribution in [0.25, 0.3) is 6.08 Å². The van der Waals surface area contributed by atoms with Gasteiger partial charge in [-0.15, -0.1) is 0 Å². The molecule has 0 radical (unpaired) electrons. The van der Waals surface area contributed by atoms with Crippen molar-refractivity contribution in [2.24, 2.45) is 0 Å². The van der Waals surface area contributed by atoms with Crippen LogP contribution in [0.3, 0.4) is 0 Å². The van der Waals surface area contributed by atoms with Crippen molar-refractivity contribution in [2.75, 3.05) is 6.54 Å². The molecular formula is C7H10N4O2. The molecule has 6 nitrogen and oxygen atoms in total. The van der Waals surface area contributed by atoms with Gasteiger partial charge in [-0.05, 0) is 6.08 Å². The highest BCUT2D eigenvalue weighted by molar-refractivity contribution is 5.64. The zero-order valence-electron chi connectivity index (χ0n) is 6.97. The van der Waals surface area contributed by atoms with Crippen LogP contribution in [0.2, 0.25) is 0 Å². The van der Waals surface area contributed by atoms with Gasteiger partial charge >= 0.3 is 6.09 Å². The summed E-state index contributed by atoms with van der Waals surface area (Å²) < 4.78 is 0. The van der Waals surface area contributed by atoms with Crippen LogP contribution in [0.15, 0.2) is 12.8 Å². The molecule has 13 heavy (non-hydrogen) atoms. The molecule has 0 atom stereocenters. The molecule has 1 amide bonds. The zero-order valence-corrected chi connectivity index (χ0v) is 6.97. The highest BCUT2D eigenvalue weighted by atomic mass is 16.4. The summed E-state index contributed by atoms with van der Waals surface area (Å²) in [5.74, 6) is 0. The van der Waals surface area contributed by atoms with E-state index in [1.807, 2.05) is 0 Å². The second kappa shape index (κ2) is 4.24. The summed E-state index contributed by atoms with van der Waals surface area (Å²) in [6.45, 7) is 4.24. The van der Waals surface area contributed by atoms with E-state index in [-0.39, 0.29) is 0 Å². The monoisotopic (exact) mass is 182 g/mol. The van der Waals surface area contributed by atoms with E-state index in [0.717, 1.165) is 0 Å². The summed E-state index contributed by atoms with van der Waals surface area (Å²) in [6.07, 6.45) is 2.10. The number of carboxylic acid groups (broad SMARTS) is 1. The molecule has 0 aliphatic heterocycles. The van der Waals surface area contributed by atoms with Crippen LogP contribution in [0.4, 0.5) is 4.79 Å². The molecule has 0 bridgehead atoms. The van der Waals surface area contributed by atoms with Crippen molar-refractivity contribution in [3.8, 4) is 0 Å². The van der Waals surface area contributed by atoms with Crippen LogP contribution in [0, 0.1) is 0 Å². The van der Waals surface area contributed by atoms with Gasteiger partial charge in [0.2, 0.25) is 0 Å². The summed E-state index contributed by atoms with van der Waals surface area (Å²) >= 11 is 0. The van der Waals surface area contributed by atoms with E-state index in [1.165, 1.54) is 4.80 Å². The Morgan fingerprint density at radius 2 is 2.62 bits per heavy atom. The van der Waals surface area contributed by atoms with Gasteiger partial charge < -0.3 is 10.4 Å². The van der Waals surface area contributed by atoms with Crippen LogP contribution in [0.1, 0.15) is 5.69 Å². The Bertz CT molecular complexity index is 307. The van der Waals surface area contributed by atoms with Crippen molar-refractivity contribution < 1.29 is 9.90 Å². The molecule has 0 aliphatic rings. The lowest BCUT2D eigenvalue weighted by Gasteiger charge is -1.98. The summed E-state index contributed by atoms with van der Waals surface area (Å²) in [5, 5.41) is 18.3. The number of nitrogens with one attached hydrogen (secondary N) is 1. The Balaban J connectivity index is 2.36. The van der Waals surface area contributed by atoms with Gasteiger partial charge in [0.1, 0.15) is 5.69 Å². The lowest BCUT2D eigenvalue weighted by molar-refractivity contribution is 0.193. The predicted octanol–water partition coefficient (Wildman–Crippen LogP) is 0.189. The van der Waals surface area contributed by atoms with Crippen LogP contribution < -0.4 is 5.32 Å². The summed E-state index contributed by atoms with van der Waals surface area (Å²) in [5.41, 5.74) is 0.676. The van der Waals surface area contributed by atoms with Crippen LogP contribution in [-0.2, 0) is 6.54 Å². The van der Waals surface area contributed by atoms with E-state index >= 15 is 0 Å². The maximum atomic E-state index is 10.1. The smallest absolute Gasteiger partial charge is 0.404 e. The van der Waals surface area contributed by atoms with Gasteiger partial charge in [0.15, 0.2) is 0 Å². The molecule has 0 saturated carbocycles. The molecule has 70 valence electrons. The van der Waals surface area contributed by atoms with E-state index < -0.39 is 6.09 Å². The highest BCUT2D eigenvalue weighted by Gasteiger charge is 1.97. The maximum Gasteiger partial charge on any atom is 0.404 e. The van der Waals surface area contributed by atoms with Crippen LogP contribution >= 0.6 is 0 Å². The molecule has 1 rings (SSSR count). The van der Waals surface area contributed by atoms with Crippen LogP contribution in [0.5, 0.6) is 0 Å². The van der Waals surface area contributed by atoms with Crippen molar-refractivity contribution in [2.45, 2.75) is 6.54 Å². The Morgan fingerprint density at radius 1 is 1.85 bits per heavy atom. The lowest BCUT2D eigenvalue weighted by atomic mass is 10.5. The first-order chi connectivity index (χ1) is 6.22. The molecule has 0 aliphatic carbocycles. The number of hydrogen-bond acceptors (Lipinski definition) is 3. The van der Waals surface area contributed by atoms with Crippen molar-refractivity contribution in [3.05, 3.63) is 18.5 Å². The standard InChI is InChI=1S/C7H10N4O2/c1-2-6-5-9-11(10-6)4-3-8-7(12)13/h2,5,8H,1,3-4H2,(H,12,13). The minimum Gasteiger partial charge on any atom is -0.465 e. The van der Waals surface area contributed by atoms with E-state index in [2.05, 4.69) is 22.1 Å². The topological polar surface area (TPSA) is 80.0 Å². The normalized spacial score (nSPS) is 9.54. The molecule has 1 aromatic rings. The Kier molecular flexibility index (Phi) is 3.02. The van der Waals surface area contributed by atoms with Gasteiger partial charge in [-0.3, -0.25) is 0 Å². The van der Waals surface area contributed by atoms with Crippen molar-refractivity contribution in [1.82, 2.24) is 20.3 Å². The van der Waals surface area contributed by atoms with Gasteiger partial charge in [0, 0.05) is 6.54 Å². The van der Waals surface area contributed by atoms with E-state index in [4.69, 9.17) is 5.11 Å². The van der Waals surface area contributed by atoms with Gasteiger partial charge in [0.25, 0.3) is 0 Å². The fourth-order valence-electron chi connectivity index (χ4n) is 0.775. The maximum absolute atomic E-state index is 10.1. The quantitative estimate of drug-likeness (QED) is 0.696. The minimum absolute atomic E-state index is 0.292. The Morgan fingerprint density at radius 3 is 3.15 bits per heavy atom. The van der Waals surface area contributed by atoms with Crippen molar-refractivity contribution >= 4 is 12.2 Å². The SMILES string of the molecule is C=Cc1cnn(CCNC(=O)O)n1. The molecule has 1 heterocycles. The molecular weight excluding hydrogens is 172 g/mol. The first kappa shape index (κ1) is 9.24. The number of hydrogen-bond donors (Lipinski definition) is 2. The fourth-order valence-corrected chi connectivity index (χ4v) is 0.775. The third-order valence-corrected chi connectivity index (χ3v) is 1.35. The zero-order chi connectivity index (χ0) is 9.68. The van der Waals surface area contributed by atoms with Crippen molar-refractivity contribution in [1.29, 1.82) is 0 Å². The first-order valence-corrected chi connectivity index (χ1v) is 3.71. The van der Waals surface area contributed by atoms with Gasteiger partial charge in [-0.25, -0.2) is 4.79 Å². The second-order valence-corrected chi connectivity index (χ2v) is 2.30. The number of amides is 1. The third kappa shape index (κ3) is 2.94. The molecule has 0 fully saturated rings. The third-order valence-electron chi connectivity index (χ3n) is 1.35. The molecule has 0 spiro atoms. The van der Waals surface area contributed by atoms with Gasteiger partial charge in [-0.2, -0.15) is 15.0 Å². The average Bonchev–Trinajstić information content (AvgIpc) is 2.52. The summed E-state index contributed by atoms with van der Waals surface area (Å²) in [6, 6.07) is 0. The predicted molar refractivity (Wildman–Crippen MR) is 46.1 cm³/mol. The number of rotatable bonds is 4. The van der Waals surface area contributed by atoms with Gasteiger partial charge in [-0.1, -0.05) is 6.58 Å². The number of aromatic nitrogens is 3. The molecule has 0 unspecified atom stereocenters. The average molecular weight is 182 g/mol. The number of nitrogens with zero attached hydrogens (tertiary/aromatic N) is 3. The largest absolute Gasteiger partial charge is 0.465 e. The molecule has 6 heteroatoms. The van der Waals surface area contributed by atoms with E-state index in [0.29, 0.717) is 18.8 Å². The first-order valence-electron chi connectivity index (χ1n) is 3.71. The molecule has 0 saturated heterocycles.